The molecule has 1 aliphatic heterocycles. The fourth-order valence-electron chi connectivity index (χ4n) is 2.90. The summed E-state index contributed by atoms with van der Waals surface area (Å²) < 4.78 is 24.4. The van der Waals surface area contributed by atoms with Crippen molar-refractivity contribution in [2.45, 2.75) is 26.3 Å². The van der Waals surface area contributed by atoms with Crippen LogP contribution in [0.15, 0.2) is 35.5 Å². The molecule has 28 heavy (non-hydrogen) atoms. The number of amides is 2. The van der Waals surface area contributed by atoms with Gasteiger partial charge in [-0.2, -0.15) is 0 Å². The second-order valence-electron chi connectivity index (χ2n) is 6.04. The minimum Gasteiger partial charge on any atom is -0.463 e. The number of benzene rings is 1. The molecule has 1 aliphatic rings. The zero-order valence-electron chi connectivity index (χ0n) is 15.3. The minimum absolute atomic E-state index is 0.179. The smallest absolute Gasteiger partial charge is 0.348 e. The zero-order chi connectivity index (χ0) is 20.3. The predicted octanol–water partition coefficient (Wildman–Crippen LogP) is 3.11. The van der Waals surface area contributed by atoms with Crippen LogP contribution in [0, 0.1) is 5.82 Å². The Morgan fingerprint density at radius 3 is 2.68 bits per heavy atom. The van der Waals surface area contributed by atoms with E-state index in [1.807, 2.05) is 6.92 Å². The Morgan fingerprint density at radius 1 is 1.18 bits per heavy atom. The lowest BCUT2D eigenvalue weighted by Crippen LogP contribution is -2.51. The highest BCUT2D eigenvalue weighted by molar-refractivity contribution is 7.20. The first-order chi connectivity index (χ1) is 13.4. The van der Waals surface area contributed by atoms with E-state index in [2.05, 4.69) is 10.6 Å². The molecule has 9 heteroatoms. The van der Waals surface area contributed by atoms with Crippen molar-refractivity contribution in [1.29, 1.82) is 0 Å². The van der Waals surface area contributed by atoms with Crippen molar-refractivity contribution in [2.75, 3.05) is 13.2 Å². The summed E-state index contributed by atoms with van der Waals surface area (Å²) >= 11 is 1.17. The summed E-state index contributed by atoms with van der Waals surface area (Å²) in [7, 11) is 0. The molecule has 148 valence electrons. The number of urea groups is 1. The molecule has 0 saturated heterocycles. The van der Waals surface area contributed by atoms with Gasteiger partial charge in [-0.05, 0) is 43.0 Å². The number of ether oxygens (including phenoxy) is 2. The van der Waals surface area contributed by atoms with Gasteiger partial charge in [-0.25, -0.2) is 18.8 Å². The Bertz CT molecular complexity index is 968. The van der Waals surface area contributed by atoms with E-state index in [-0.39, 0.29) is 24.5 Å². The lowest BCUT2D eigenvalue weighted by Gasteiger charge is -2.28. The van der Waals surface area contributed by atoms with Gasteiger partial charge in [-0.3, -0.25) is 0 Å². The number of carbonyl (C=O) groups is 3. The molecule has 2 N–H and O–H groups in total. The maximum Gasteiger partial charge on any atom is 0.348 e. The summed E-state index contributed by atoms with van der Waals surface area (Å²) in [6.07, 6.45) is 0.473. The van der Waals surface area contributed by atoms with Crippen molar-refractivity contribution >= 4 is 39.4 Å². The molecular weight excluding hydrogens is 387 g/mol. The molecule has 0 bridgehead atoms. The first kappa shape index (κ1) is 19.8. The molecule has 2 aromatic rings. The largest absolute Gasteiger partial charge is 0.463 e. The molecule has 2 heterocycles. The van der Waals surface area contributed by atoms with E-state index >= 15 is 0 Å². The average Bonchev–Trinajstić information content (AvgIpc) is 3.08. The molecule has 0 saturated carbocycles. The zero-order valence-corrected chi connectivity index (χ0v) is 16.2. The van der Waals surface area contributed by atoms with Crippen LogP contribution in [0.25, 0.3) is 10.1 Å². The van der Waals surface area contributed by atoms with Crippen LogP contribution in [0.3, 0.4) is 0 Å². The number of fused-ring (bicyclic) bond motifs is 1. The van der Waals surface area contributed by atoms with Gasteiger partial charge in [0.15, 0.2) is 0 Å². The van der Waals surface area contributed by atoms with Gasteiger partial charge in [0, 0.05) is 4.70 Å². The molecule has 0 aliphatic carbocycles. The molecular formula is C19H19FN2O5S. The maximum absolute atomic E-state index is 13.3. The van der Waals surface area contributed by atoms with Gasteiger partial charge in [-0.15, -0.1) is 11.3 Å². The number of hydrogen-bond acceptors (Lipinski definition) is 6. The van der Waals surface area contributed by atoms with Crippen LogP contribution in [-0.2, 0) is 14.3 Å². The number of carbonyl (C=O) groups excluding carboxylic acids is 3. The highest BCUT2D eigenvalue weighted by Gasteiger charge is 2.32. The Morgan fingerprint density at radius 2 is 1.96 bits per heavy atom. The molecule has 0 spiro atoms. The molecule has 0 radical (unpaired) electrons. The standard InChI is InChI=1S/C19H19FN2O5S/c1-3-12-16(18(24)26-4-2)13(22-19(25)21-12)9-27-17(23)15-8-10-7-11(20)5-6-14(10)28-15/h5-8,12H,3-4,9H2,1-2H3,(H2,21,22,25). The molecule has 1 aromatic heterocycles. The fourth-order valence-corrected chi connectivity index (χ4v) is 3.84. The van der Waals surface area contributed by atoms with E-state index in [9.17, 15) is 18.8 Å². The number of nitrogens with one attached hydrogen (secondary N) is 2. The Kier molecular flexibility index (Phi) is 5.93. The minimum atomic E-state index is -0.627. The van der Waals surface area contributed by atoms with Gasteiger partial charge in [0.1, 0.15) is 17.3 Å². The Balaban J connectivity index is 1.81. The van der Waals surface area contributed by atoms with Crippen LogP contribution in [0.5, 0.6) is 0 Å². The number of rotatable bonds is 6. The number of thiophene rings is 1. The second kappa shape index (κ2) is 8.39. The van der Waals surface area contributed by atoms with E-state index in [0.717, 1.165) is 4.70 Å². The highest BCUT2D eigenvalue weighted by Crippen LogP contribution is 2.27. The highest BCUT2D eigenvalue weighted by atomic mass is 32.1. The number of halogens is 1. The maximum atomic E-state index is 13.3. The number of esters is 2. The van der Waals surface area contributed by atoms with Gasteiger partial charge in [0.2, 0.25) is 0 Å². The van der Waals surface area contributed by atoms with Crippen molar-refractivity contribution in [2.24, 2.45) is 0 Å². The lowest BCUT2D eigenvalue weighted by molar-refractivity contribution is -0.139. The van der Waals surface area contributed by atoms with E-state index < -0.39 is 29.8 Å². The van der Waals surface area contributed by atoms with Crippen molar-refractivity contribution in [3.8, 4) is 0 Å². The second-order valence-corrected chi connectivity index (χ2v) is 7.12. The third-order valence-electron chi connectivity index (χ3n) is 4.17. The van der Waals surface area contributed by atoms with Gasteiger partial charge >= 0.3 is 18.0 Å². The normalized spacial score (nSPS) is 16.5. The van der Waals surface area contributed by atoms with E-state index in [4.69, 9.17) is 9.47 Å². The van der Waals surface area contributed by atoms with Crippen LogP contribution in [0.2, 0.25) is 0 Å². The van der Waals surface area contributed by atoms with Gasteiger partial charge in [-0.1, -0.05) is 6.92 Å². The Hall–Kier alpha value is -2.94. The molecule has 2 amide bonds. The molecule has 0 fully saturated rings. The molecule has 1 atom stereocenters. The van der Waals surface area contributed by atoms with Crippen molar-refractivity contribution < 1.29 is 28.2 Å². The van der Waals surface area contributed by atoms with Crippen molar-refractivity contribution in [3.63, 3.8) is 0 Å². The van der Waals surface area contributed by atoms with E-state index in [0.29, 0.717) is 16.7 Å². The third-order valence-corrected chi connectivity index (χ3v) is 5.27. The summed E-state index contributed by atoms with van der Waals surface area (Å²) in [5, 5.41) is 5.76. The summed E-state index contributed by atoms with van der Waals surface area (Å²) in [4.78, 5) is 36.9. The molecule has 1 unspecified atom stereocenters. The van der Waals surface area contributed by atoms with Crippen LogP contribution >= 0.6 is 11.3 Å². The third kappa shape index (κ3) is 4.14. The monoisotopic (exact) mass is 406 g/mol. The first-order valence-corrected chi connectivity index (χ1v) is 9.58. The average molecular weight is 406 g/mol. The predicted molar refractivity (Wildman–Crippen MR) is 101 cm³/mol. The number of hydrogen-bond donors (Lipinski definition) is 2. The molecule has 1 aromatic carbocycles. The van der Waals surface area contributed by atoms with Crippen LogP contribution in [0.1, 0.15) is 29.9 Å². The quantitative estimate of drug-likeness (QED) is 0.719. The van der Waals surface area contributed by atoms with Crippen LogP contribution in [0.4, 0.5) is 9.18 Å². The van der Waals surface area contributed by atoms with E-state index in [1.54, 1.807) is 19.1 Å². The van der Waals surface area contributed by atoms with E-state index in [1.165, 1.54) is 23.5 Å². The Labute approximate surface area is 164 Å². The first-order valence-electron chi connectivity index (χ1n) is 8.76. The van der Waals surface area contributed by atoms with Crippen molar-refractivity contribution in [3.05, 3.63) is 46.2 Å². The van der Waals surface area contributed by atoms with Crippen LogP contribution < -0.4 is 10.6 Å². The summed E-state index contributed by atoms with van der Waals surface area (Å²) in [5.74, 6) is -1.60. The van der Waals surface area contributed by atoms with Crippen LogP contribution in [-0.4, -0.2) is 37.2 Å². The lowest BCUT2D eigenvalue weighted by atomic mass is 10.0. The van der Waals surface area contributed by atoms with Gasteiger partial charge in [0.25, 0.3) is 0 Å². The summed E-state index contributed by atoms with van der Waals surface area (Å²) in [6.45, 7) is 3.38. The fraction of sp³-hybridized carbons (Fsp3) is 0.316. The SMILES string of the molecule is CCOC(=O)C1=C(COC(=O)c2cc3cc(F)ccc3s2)NC(=O)NC1CC. The summed E-state index contributed by atoms with van der Waals surface area (Å²) in [5.41, 5.74) is 0.421. The summed E-state index contributed by atoms with van der Waals surface area (Å²) in [6, 6.07) is 4.77. The topological polar surface area (TPSA) is 93.7 Å². The van der Waals surface area contributed by atoms with Crippen molar-refractivity contribution in [1.82, 2.24) is 10.6 Å². The van der Waals surface area contributed by atoms with Gasteiger partial charge in [0.05, 0.1) is 23.9 Å². The van der Waals surface area contributed by atoms with Gasteiger partial charge < -0.3 is 20.1 Å². The molecule has 3 rings (SSSR count). The molecule has 7 nitrogen and oxygen atoms in total.